The van der Waals surface area contributed by atoms with Crippen molar-refractivity contribution in [2.24, 2.45) is 0 Å². The molecule has 2 heterocycles. The minimum atomic E-state index is 0.707. The molecule has 0 saturated carbocycles. The number of nitrogens with one attached hydrogen (secondary N) is 1. The molecule has 0 bridgehead atoms. The van der Waals surface area contributed by atoms with Crippen molar-refractivity contribution in [2.45, 2.75) is 19.9 Å². The molecule has 0 unspecified atom stereocenters. The summed E-state index contributed by atoms with van der Waals surface area (Å²) >= 11 is 6.23. The number of hydrogen-bond acceptors (Lipinski definition) is 3. The molecule has 1 N–H and O–H groups in total. The fourth-order valence-electron chi connectivity index (χ4n) is 2.34. The van der Waals surface area contributed by atoms with Crippen LogP contribution in [0.1, 0.15) is 19.1 Å². The Balaban J connectivity index is 1.96. The van der Waals surface area contributed by atoms with Crippen LogP contribution in [0.25, 0.3) is 22.2 Å². The van der Waals surface area contributed by atoms with E-state index < -0.39 is 0 Å². The van der Waals surface area contributed by atoms with Crippen LogP contribution in [0.2, 0.25) is 5.02 Å². The molecular formula is C17H17ClN2O. The minimum absolute atomic E-state index is 0.707. The first kappa shape index (κ1) is 14.1. The summed E-state index contributed by atoms with van der Waals surface area (Å²) in [4.78, 5) is 4.44. The molecule has 0 radical (unpaired) electrons. The van der Waals surface area contributed by atoms with Crippen LogP contribution < -0.4 is 5.32 Å². The number of rotatable bonds is 5. The quantitative estimate of drug-likeness (QED) is 0.697. The lowest BCUT2D eigenvalue weighted by atomic mass is 10.1. The van der Waals surface area contributed by atoms with Crippen LogP contribution >= 0.6 is 11.6 Å². The molecule has 0 aliphatic heterocycles. The predicted octanol–water partition coefficient (Wildman–Crippen LogP) is 4.65. The van der Waals surface area contributed by atoms with Gasteiger partial charge in [0.25, 0.3) is 0 Å². The van der Waals surface area contributed by atoms with E-state index in [1.807, 2.05) is 36.4 Å². The van der Waals surface area contributed by atoms with Gasteiger partial charge >= 0.3 is 0 Å². The molecule has 0 spiro atoms. The molecule has 0 aliphatic rings. The second-order valence-electron chi connectivity index (χ2n) is 4.94. The van der Waals surface area contributed by atoms with Crippen molar-refractivity contribution in [1.82, 2.24) is 10.3 Å². The van der Waals surface area contributed by atoms with Crippen LogP contribution in [-0.2, 0) is 6.54 Å². The van der Waals surface area contributed by atoms with Crippen molar-refractivity contribution in [3.05, 3.63) is 53.4 Å². The predicted molar refractivity (Wildman–Crippen MR) is 86.5 cm³/mol. The van der Waals surface area contributed by atoms with E-state index in [9.17, 15) is 0 Å². The van der Waals surface area contributed by atoms with Gasteiger partial charge in [0.15, 0.2) is 0 Å². The second-order valence-corrected chi connectivity index (χ2v) is 5.34. The highest BCUT2D eigenvalue weighted by molar-refractivity contribution is 6.35. The van der Waals surface area contributed by atoms with E-state index in [0.29, 0.717) is 5.02 Å². The molecule has 4 heteroatoms. The van der Waals surface area contributed by atoms with Gasteiger partial charge in [-0.25, -0.2) is 0 Å². The van der Waals surface area contributed by atoms with Crippen LogP contribution in [0.5, 0.6) is 0 Å². The van der Waals surface area contributed by atoms with Crippen LogP contribution in [0.4, 0.5) is 0 Å². The number of fused-ring (bicyclic) bond motifs is 1. The SMILES string of the molecule is CCCNCc1ccc(-c2ccc(Cl)c3cccnc23)o1. The van der Waals surface area contributed by atoms with Gasteiger partial charge in [0.2, 0.25) is 0 Å². The summed E-state index contributed by atoms with van der Waals surface area (Å²) in [5.74, 6) is 1.75. The Kier molecular flexibility index (Phi) is 4.23. The number of pyridine rings is 1. The Hall–Kier alpha value is -1.84. The van der Waals surface area contributed by atoms with Crippen molar-refractivity contribution >= 4 is 22.5 Å². The lowest BCUT2D eigenvalue weighted by molar-refractivity contribution is 0.494. The van der Waals surface area contributed by atoms with E-state index in [1.165, 1.54) is 0 Å². The minimum Gasteiger partial charge on any atom is -0.460 e. The first-order chi connectivity index (χ1) is 10.3. The van der Waals surface area contributed by atoms with Gasteiger partial charge in [0.1, 0.15) is 11.5 Å². The first-order valence-corrected chi connectivity index (χ1v) is 7.50. The van der Waals surface area contributed by atoms with E-state index in [-0.39, 0.29) is 0 Å². The summed E-state index contributed by atoms with van der Waals surface area (Å²) in [6, 6.07) is 11.7. The summed E-state index contributed by atoms with van der Waals surface area (Å²) in [6.45, 7) is 3.88. The van der Waals surface area contributed by atoms with E-state index in [1.54, 1.807) is 6.20 Å². The summed E-state index contributed by atoms with van der Waals surface area (Å²) < 4.78 is 5.92. The van der Waals surface area contributed by atoms with E-state index >= 15 is 0 Å². The third-order valence-corrected chi connectivity index (χ3v) is 3.70. The monoisotopic (exact) mass is 300 g/mol. The third kappa shape index (κ3) is 2.94. The summed E-state index contributed by atoms with van der Waals surface area (Å²) in [5.41, 5.74) is 1.84. The molecule has 3 aromatic rings. The van der Waals surface area contributed by atoms with Crippen molar-refractivity contribution < 1.29 is 4.42 Å². The fourth-order valence-corrected chi connectivity index (χ4v) is 2.56. The third-order valence-electron chi connectivity index (χ3n) is 3.37. The normalized spacial score (nSPS) is 11.1. The number of hydrogen-bond donors (Lipinski definition) is 1. The Morgan fingerprint density at radius 1 is 1.19 bits per heavy atom. The number of benzene rings is 1. The Labute approximate surface area is 128 Å². The number of nitrogens with zero attached hydrogens (tertiary/aromatic N) is 1. The molecule has 0 aliphatic carbocycles. The molecule has 0 amide bonds. The molecule has 108 valence electrons. The number of aromatic nitrogens is 1. The summed E-state index contributed by atoms with van der Waals surface area (Å²) in [7, 11) is 0. The maximum absolute atomic E-state index is 6.23. The number of halogens is 1. The zero-order valence-electron chi connectivity index (χ0n) is 11.9. The second kappa shape index (κ2) is 6.29. The maximum Gasteiger partial charge on any atom is 0.136 e. The molecule has 0 fully saturated rings. The van der Waals surface area contributed by atoms with Crippen LogP contribution in [0.15, 0.2) is 47.0 Å². The molecule has 3 nitrogen and oxygen atoms in total. The molecule has 1 aromatic carbocycles. The molecule has 0 atom stereocenters. The van der Waals surface area contributed by atoms with Gasteiger partial charge in [0.05, 0.1) is 17.1 Å². The Bertz CT molecular complexity index is 751. The van der Waals surface area contributed by atoms with Gasteiger partial charge in [0, 0.05) is 17.1 Å². The largest absolute Gasteiger partial charge is 0.460 e. The average molecular weight is 301 g/mol. The highest BCUT2D eigenvalue weighted by Crippen LogP contribution is 2.32. The van der Waals surface area contributed by atoms with Gasteiger partial charge < -0.3 is 9.73 Å². The zero-order chi connectivity index (χ0) is 14.7. The topological polar surface area (TPSA) is 38.1 Å². The van der Waals surface area contributed by atoms with Crippen molar-refractivity contribution in [3.8, 4) is 11.3 Å². The maximum atomic E-state index is 6.23. The summed E-state index contributed by atoms with van der Waals surface area (Å²) in [5, 5.41) is 4.98. The lowest BCUT2D eigenvalue weighted by Crippen LogP contribution is -2.12. The van der Waals surface area contributed by atoms with Crippen molar-refractivity contribution in [1.29, 1.82) is 0 Å². The molecule has 2 aromatic heterocycles. The summed E-state index contributed by atoms with van der Waals surface area (Å²) in [6.07, 6.45) is 2.88. The smallest absolute Gasteiger partial charge is 0.136 e. The standard InChI is InChI=1S/C17H17ClN2O/c1-2-9-19-11-12-5-8-16(21-12)14-6-7-15(18)13-4-3-10-20-17(13)14/h3-8,10,19H,2,9,11H2,1H3. The lowest BCUT2D eigenvalue weighted by Gasteiger charge is -2.05. The zero-order valence-corrected chi connectivity index (χ0v) is 12.7. The van der Waals surface area contributed by atoms with Crippen LogP contribution in [-0.4, -0.2) is 11.5 Å². The van der Waals surface area contributed by atoms with Crippen molar-refractivity contribution in [2.75, 3.05) is 6.54 Å². The number of furan rings is 1. The van der Waals surface area contributed by atoms with E-state index in [4.69, 9.17) is 16.0 Å². The van der Waals surface area contributed by atoms with Gasteiger partial charge in [-0.3, -0.25) is 4.98 Å². The molecule has 3 rings (SSSR count). The van der Waals surface area contributed by atoms with E-state index in [0.717, 1.165) is 47.5 Å². The van der Waals surface area contributed by atoms with Crippen molar-refractivity contribution in [3.63, 3.8) is 0 Å². The fraction of sp³-hybridized carbons (Fsp3) is 0.235. The van der Waals surface area contributed by atoms with Crippen LogP contribution in [0, 0.1) is 0 Å². The van der Waals surface area contributed by atoms with Gasteiger partial charge in [-0.05, 0) is 49.4 Å². The van der Waals surface area contributed by atoms with Crippen LogP contribution in [0.3, 0.4) is 0 Å². The van der Waals surface area contributed by atoms with E-state index in [2.05, 4.69) is 17.2 Å². The Morgan fingerprint density at radius 3 is 2.95 bits per heavy atom. The highest BCUT2D eigenvalue weighted by atomic mass is 35.5. The average Bonchev–Trinajstić information content (AvgIpc) is 2.97. The van der Waals surface area contributed by atoms with Gasteiger partial charge in [-0.1, -0.05) is 18.5 Å². The Morgan fingerprint density at radius 2 is 2.10 bits per heavy atom. The molecule has 21 heavy (non-hydrogen) atoms. The first-order valence-electron chi connectivity index (χ1n) is 7.12. The molecular weight excluding hydrogens is 284 g/mol. The van der Waals surface area contributed by atoms with Gasteiger partial charge in [-0.2, -0.15) is 0 Å². The molecule has 0 saturated heterocycles. The van der Waals surface area contributed by atoms with Gasteiger partial charge in [-0.15, -0.1) is 0 Å². The highest BCUT2D eigenvalue weighted by Gasteiger charge is 2.11.